The van der Waals surface area contributed by atoms with Crippen LogP contribution < -0.4 is 10.2 Å². The van der Waals surface area contributed by atoms with Crippen molar-refractivity contribution >= 4 is 39.1 Å². The number of aryl methyl sites for hydroxylation is 1. The molecule has 2 aromatic carbocycles. The molecule has 0 saturated carbocycles. The van der Waals surface area contributed by atoms with E-state index in [0.717, 1.165) is 22.4 Å². The van der Waals surface area contributed by atoms with Crippen molar-refractivity contribution in [2.45, 2.75) is 26.3 Å². The fourth-order valence-corrected chi connectivity index (χ4v) is 3.89. The molecular weight excluding hydrogens is 376 g/mol. The Kier molecular flexibility index (Phi) is 4.17. The summed E-state index contributed by atoms with van der Waals surface area (Å²) in [5.41, 5.74) is 4.76. The number of para-hydroxylation sites is 1. The first-order valence-corrected chi connectivity index (χ1v) is 9.14. The Balaban J connectivity index is 1.66. The van der Waals surface area contributed by atoms with Crippen molar-refractivity contribution in [3.05, 3.63) is 70.3 Å². The van der Waals surface area contributed by atoms with Crippen LogP contribution in [0.5, 0.6) is 0 Å². The minimum absolute atomic E-state index is 0.381. The van der Waals surface area contributed by atoms with E-state index in [1.165, 1.54) is 16.8 Å². The highest BCUT2D eigenvalue weighted by Gasteiger charge is 2.27. The standard InChI is InChI=1S/C20H19BrN4/c1-13-7-8-17(16(21)11-13)23-20-22-10-9-19(24-20)25-14(2)12-15-5-3-4-6-18(15)25/h3-11,14H,12H2,1-2H3,(H,22,23,24). The Bertz CT molecular complexity index is 925. The molecule has 1 aromatic heterocycles. The quantitative estimate of drug-likeness (QED) is 0.647. The van der Waals surface area contributed by atoms with Gasteiger partial charge in [0.05, 0.1) is 5.69 Å². The molecule has 0 aliphatic carbocycles. The topological polar surface area (TPSA) is 41.1 Å². The lowest BCUT2D eigenvalue weighted by Crippen LogP contribution is -2.25. The maximum Gasteiger partial charge on any atom is 0.229 e. The molecular formula is C20H19BrN4. The van der Waals surface area contributed by atoms with E-state index in [0.29, 0.717) is 12.0 Å². The van der Waals surface area contributed by atoms with Crippen LogP contribution in [0.25, 0.3) is 0 Å². The summed E-state index contributed by atoms with van der Waals surface area (Å²) in [6.45, 7) is 4.30. The van der Waals surface area contributed by atoms with Gasteiger partial charge in [-0.05, 0) is 71.6 Å². The number of fused-ring (bicyclic) bond motifs is 1. The largest absolute Gasteiger partial charge is 0.323 e. The van der Waals surface area contributed by atoms with E-state index in [1.54, 1.807) is 6.20 Å². The smallest absolute Gasteiger partial charge is 0.229 e. The Labute approximate surface area is 156 Å². The summed E-state index contributed by atoms with van der Waals surface area (Å²) >= 11 is 3.59. The highest BCUT2D eigenvalue weighted by Crippen LogP contribution is 2.37. The molecule has 2 heterocycles. The minimum atomic E-state index is 0.381. The van der Waals surface area contributed by atoms with Crippen LogP contribution in [0.15, 0.2) is 59.2 Å². The number of nitrogens with one attached hydrogen (secondary N) is 1. The molecule has 1 atom stereocenters. The lowest BCUT2D eigenvalue weighted by Gasteiger charge is -2.24. The zero-order valence-corrected chi connectivity index (χ0v) is 15.8. The van der Waals surface area contributed by atoms with Gasteiger partial charge in [0, 0.05) is 22.4 Å². The average molecular weight is 395 g/mol. The second-order valence-corrected chi connectivity index (χ2v) is 7.25. The predicted molar refractivity (Wildman–Crippen MR) is 106 cm³/mol. The number of halogens is 1. The van der Waals surface area contributed by atoms with Gasteiger partial charge in [-0.3, -0.25) is 0 Å². The van der Waals surface area contributed by atoms with Gasteiger partial charge in [0.2, 0.25) is 5.95 Å². The molecule has 0 bridgehead atoms. The van der Waals surface area contributed by atoms with Crippen LogP contribution in [0.3, 0.4) is 0 Å². The Morgan fingerprint density at radius 3 is 2.84 bits per heavy atom. The van der Waals surface area contributed by atoms with Crippen LogP contribution in [0, 0.1) is 6.92 Å². The number of benzene rings is 2. The Morgan fingerprint density at radius 1 is 1.16 bits per heavy atom. The van der Waals surface area contributed by atoms with E-state index < -0.39 is 0 Å². The number of rotatable bonds is 3. The molecule has 1 aliphatic heterocycles. The van der Waals surface area contributed by atoms with Gasteiger partial charge in [-0.15, -0.1) is 0 Å². The van der Waals surface area contributed by atoms with Crippen molar-refractivity contribution in [1.82, 2.24) is 9.97 Å². The third kappa shape index (κ3) is 3.12. The summed E-state index contributed by atoms with van der Waals surface area (Å²) in [7, 11) is 0. The van der Waals surface area contributed by atoms with Crippen molar-refractivity contribution < 1.29 is 0 Å². The normalized spacial score (nSPS) is 16.0. The molecule has 0 spiro atoms. The average Bonchev–Trinajstić information content (AvgIpc) is 2.93. The van der Waals surface area contributed by atoms with Crippen molar-refractivity contribution in [2.75, 3.05) is 10.2 Å². The zero-order valence-electron chi connectivity index (χ0n) is 14.2. The Morgan fingerprint density at radius 2 is 2.00 bits per heavy atom. The number of hydrogen-bond donors (Lipinski definition) is 1. The fraction of sp³-hybridized carbons (Fsp3) is 0.200. The first-order valence-electron chi connectivity index (χ1n) is 8.35. The Hall–Kier alpha value is -2.40. The summed E-state index contributed by atoms with van der Waals surface area (Å²) in [6, 6.07) is 17.0. The van der Waals surface area contributed by atoms with Gasteiger partial charge >= 0.3 is 0 Å². The summed E-state index contributed by atoms with van der Waals surface area (Å²) in [6.07, 6.45) is 2.84. The first-order chi connectivity index (χ1) is 12.1. The molecule has 25 heavy (non-hydrogen) atoms. The van der Waals surface area contributed by atoms with Gasteiger partial charge in [0.15, 0.2) is 0 Å². The van der Waals surface area contributed by atoms with Gasteiger partial charge < -0.3 is 10.2 Å². The fourth-order valence-electron chi connectivity index (χ4n) is 3.30. The molecule has 0 radical (unpaired) electrons. The van der Waals surface area contributed by atoms with Gasteiger partial charge in [0.1, 0.15) is 5.82 Å². The highest BCUT2D eigenvalue weighted by atomic mass is 79.9. The third-order valence-electron chi connectivity index (χ3n) is 4.47. The van der Waals surface area contributed by atoms with Crippen molar-refractivity contribution in [3.8, 4) is 0 Å². The number of anilines is 4. The maximum absolute atomic E-state index is 4.75. The van der Waals surface area contributed by atoms with Gasteiger partial charge in [-0.1, -0.05) is 24.3 Å². The molecule has 3 aromatic rings. The van der Waals surface area contributed by atoms with Crippen molar-refractivity contribution in [1.29, 1.82) is 0 Å². The van der Waals surface area contributed by atoms with E-state index in [-0.39, 0.29) is 0 Å². The zero-order chi connectivity index (χ0) is 17.4. The molecule has 5 heteroatoms. The molecule has 0 saturated heterocycles. The van der Waals surface area contributed by atoms with E-state index in [4.69, 9.17) is 4.98 Å². The summed E-state index contributed by atoms with van der Waals surface area (Å²) in [5.74, 6) is 1.51. The lowest BCUT2D eigenvalue weighted by molar-refractivity contribution is 0.749. The molecule has 1 unspecified atom stereocenters. The van der Waals surface area contributed by atoms with Crippen LogP contribution in [0.4, 0.5) is 23.1 Å². The monoisotopic (exact) mass is 394 g/mol. The van der Waals surface area contributed by atoms with Crippen molar-refractivity contribution in [2.24, 2.45) is 0 Å². The van der Waals surface area contributed by atoms with Crippen molar-refractivity contribution in [3.63, 3.8) is 0 Å². The van der Waals surface area contributed by atoms with E-state index >= 15 is 0 Å². The predicted octanol–water partition coefficient (Wildman–Crippen LogP) is 5.37. The van der Waals surface area contributed by atoms with Crippen LogP contribution in [0.1, 0.15) is 18.1 Å². The maximum atomic E-state index is 4.75. The third-order valence-corrected chi connectivity index (χ3v) is 5.12. The summed E-state index contributed by atoms with van der Waals surface area (Å²) in [5, 5.41) is 3.31. The molecule has 4 rings (SSSR count). The second-order valence-electron chi connectivity index (χ2n) is 6.40. The van der Waals surface area contributed by atoms with Crippen LogP contribution in [0.2, 0.25) is 0 Å². The molecule has 126 valence electrons. The molecule has 1 N–H and O–H groups in total. The van der Waals surface area contributed by atoms with E-state index in [9.17, 15) is 0 Å². The van der Waals surface area contributed by atoms with E-state index in [2.05, 4.69) is 81.4 Å². The molecule has 0 fully saturated rings. The van der Waals surface area contributed by atoms with Gasteiger partial charge in [0.25, 0.3) is 0 Å². The number of aromatic nitrogens is 2. The van der Waals surface area contributed by atoms with Crippen LogP contribution >= 0.6 is 15.9 Å². The van der Waals surface area contributed by atoms with Crippen LogP contribution in [-0.2, 0) is 6.42 Å². The first kappa shape index (κ1) is 16.1. The second kappa shape index (κ2) is 6.48. The molecule has 0 amide bonds. The highest BCUT2D eigenvalue weighted by molar-refractivity contribution is 9.10. The van der Waals surface area contributed by atoms with E-state index in [1.807, 2.05) is 12.1 Å². The number of nitrogens with zero attached hydrogens (tertiary/aromatic N) is 3. The van der Waals surface area contributed by atoms with Crippen LogP contribution in [-0.4, -0.2) is 16.0 Å². The number of hydrogen-bond acceptors (Lipinski definition) is 4. The molecule has 4 nitrogen and oxygen atoms in total. The summed E-state index contributed by atoms with van der Waals surface area (Å²) < 4.78 is 1.00. The lowest BCUT2D eigenvalue weighted by atomic mass is 10.1. The molecule has 1 aliphatic rings. The summed E-state index contributed by atoms with van der Waals surface area (Å²) in [4.78, 5) is 11.4. The minimum Gasteiger partial charge on any atom is -0.323 e. The van der Waals surface area contributed by atoms with Gasteiger partial charge in [-0.25, -0.2) is 4.98 Å². The van der Waals surface area contributed by atoms with Gasteiger partial charge in [-0.2, -0.15) is 4.98 Å². The SMILES string of the molecule is Cc1ccc(Nc2nccc(N3c4ccccc4CC3C)n2)c(Br)c1.